The van der Waals surface area contributed by atoms with Crippen LogP contribution in [0.5, 0.6) is 0 Å². The molecule has 0 spiro atoms. The van der Waals surface area contributed by atoms with E-state index in [2.05, 4.69) is 111 Å². The number of benzene rings is 1. The third-order valence-corrected chi connectivity index (χ3v) is 7.27. The van der Waals surface area contributed by atoms with Gasteiger partial charge in [0.25, 0.3) is 0 Å². The molecule has 1 fully saturated rings. The van der Waals surface area contributed by atoms with Gasteiger partial charge in [-0.25, -0.2) is 0 Å². The number of amides is 1. The molecule has 1 aromatic rings. The maximum atomic E-state index is 12.8. The monoisotopic (exact) mass is 598 g/mol. The Morgan fingerprint density at radius 1 is 1.07 bits per heavy atom. The van der Waals surface area contributed by atoms with E-state index in [-0.39, 0.29) is 17.4 Å². The number of carbonyl (C=O) groups is 1. The molecular weight excluding hydrogens is 532 g/mol. The minimum Gasteiger partial charge on any atom is -0.378 e. The zero-order chi connectivity index (χ0) is 33.4. The van der Waals surface area contributed by atoms with Gasteiger partial charge in [-0.1, -0.05) is 123 Å². The zero-order valence-corrected chi connectivity index (χ0v) is 30.1. The molecule has 4 heteroatoms. The number of thioether (sulfide) groups is 1. The van der Waals surface area contributed by atoms with Gasteiger partial charge in [0.2, 0.25) is 5.91 Å². The molecule has 0 bridgehead atoms. The van der Waals surface area contributed by atoms with Gasteiger partial charge in [0.05, 0.1) is 0 Å². The summed E-state index contributed by atoms with van der Waals surface area (Å²) in [5.41, 5.74) is 3.62. The number of carbonyl (C=O) groups excluding carboxylic acids is 1. The molecule has 1 aliphatic rings. The number of hydrogen-bond acceptors (Lipinski definition) is 3. The maximum Gasteiger partial charge on any atom is 0.242 e. The van der Waals surface area contributed by atoms with Crippen LogP contribution in [-0.4, -0.2) is 29.0 Å². The van der Waals surface area contributed by atoms with Gasteiger partial charge in [-0.05, 0) is 69.0 Å². The highest BCUT2D eigenvalue weighted by Crippen LogP contribution is 2.35. The Hall–Kier alpha value is -2.38. The second-order valence-electron chi connectivity index (χ2n) is 12.7. The van der Waals surface area contributed by atoms with Crippen molar-refractivity contribution in [3.63, 3.8) is 0 Å². The molecule has 0 aliphatic heterocycles. The Bertz CT molecular complexity index is 873. The van der Waals surface area contributed by atoms with Gasteiger partial charge < -0.3 is 10.6 Å². The first-order valence-electron chi connectivity index (χ1n) is 15.6. The van der Waals surface area contributed by atoms with Crippen LogP contribution < -0.4 is 10.6 Å². The first-order chi connectivity index (χ1) is 19.6. The summed E-state index contributed by atoms with van der Waals surface area (Å²) in [7, 11) is 0. The number of nitrogens with one attached hydrogen (secondary N) is 2. The van der Waals surface area contributed by atoms with Crippen LogP contribution in [0.15, 0.2) is 67.4 Å². The van der Waals surface area contributed by atoms with Crippen LogP contribution in [0.3, 0.4) is 0 Å². The van der Waals surface area contributed by atoms with Crippen molar-refractivity contribution in [2.45, 2.75) is 119 Å². The Kier molecular flexibility index (Phi) is 26.4. The van der Waals surface area contributed by atoms with Gasteiger partial charge in [-0.2, -0.15) is 11.8 Å². The van der Waals surface area contributed by atoms with Crippen molar-refractivity contribution in [2.24, 2.45) is 17.3 Å². The maximum absolute atomic E-state index is 12.8. The number of hydrogen-bond donors (Lipinski definition) is 2. The molecule has 0 saturated heterocycles. The minimum atomic E-state index is -0.223. The predicted molar refractivity (Wildman–Crippen MR) is 194 cm³/mol. The van der Waals surface area contributed by atoms with Crippen LogP contribution in [0.4, 0.5) is 0 Å². The molecule has 1 aromatic carbocycles. The van der Waals surface area contributed by atoms with Crippen molar-refractivity contribution >= 4 is 17.7 Å². The van der Waals surface area contributed by atoms with E-state index in [0.29, 0.717) is 23.1 Å². The summed E-state index contributed by atoms with van der Waals surface area (Å²) in [6.07, 6.45) is 15.0. The van der Waals surface area contributed by atoms with Crippen LogP contribution in [0, 0.1) is 37.0 Å². The fraction of sp³-hybridized carbons (Fsp3) is 0.605. The van der Waals surface area contributed by atoms with Crippen molar-refractivity contribution in [3.05, 3.63) is 73.0 Å². The lowest BCUT2D eigenvalue weighted by Gasteiger charge is -2.30. The fourth-order valence-corrected chi connectivity index (χ4v) is 5.06. The molecule has 42 heavy (non-hydrogen) atoms. The predicted octanol–water partition coefficient (Wildman–Crippen LogP) is 10.4. The van der Waals surface area contributed by atoms with Crippen molar-refractivity contribution in [3.8, 4) is 12.8 Å². The Labute approximate surface area is 266 Å². The molecule has 2 rings (SSSR count). The van der Waals surface area contributed by atoms with E-state index >= 15 is 0 Å². The van der Waals surface area contributed by atoms with Crippen molar-refractivity contribution in [1.82, 2.24) is 10.6 Å². The number of terminal acetylenes is 1. The second kappa shape index (κ2) is 25.1. The molecule has 1 aliphatic carbocycles. The molecule has 1 unspecified atom stereocenters. The highest BCUT2D eigenvalue weighted by Gasteiger charge is 2.27. The van der Waals surface area contributed by atoms with Crippen LogP contribution >= 0.6 is 11.8 Å². The molecule has 1 saturated carbocycles. The van der Waals surface area contributed by atoms with E-state index in [1.54, 1.807) is 6.08 Å². The van der Waals surface area contributed by atoms with E-state index < -0.39 is 0 Å². The molecule has 0 heterocycles. The standard InChI is InChI=1S/C24H44N2OS.C7H8.C3H6.C2H6.C2H2/c1-17(2)14-21(22(27)25-16-18(3)20-10-11-20)26-19(4)15-24(8,9)12-13-28-23(5,6)7;1-7-5-3-2-4-6-7;1-3-2;2*1-2/h17,20-21,26H,3-4,10-16H2,1-2,5-9H3,(H,25,27);2-6H,1H3;3H,1H2,2H3;1-2H3;1-2H. The number of rotatable bonds is 13. The van der Waals surface area contributed by atoms with E-state index in [1.807, 2.05) is 50.7 Å². The number of allylic oxidation sites excluding steroid dienone is 2. The van der Waals surface area contributed by atoms with Gasteiger partial charge in [0.15, 0.2) is 0 Å². The highest BCUT2D eigenvalue weighted by atomic mass is 32.2. The Morgan fingerprint density at radius 3 is 1.95 bits per heavy atom. The molecule has 2 N–H and O–H groups in total. The minimum absolute atomic E-state index is 0.0674. The average Bonchev–Trinajstić information content (AvgIpc) is 3.75. The van der Waals surface area contributed by atoms with Gasteiger partial charge in [0, 0.05) is 17.0 Å². The second-order valence-corrected chi connectivity index (χ2v) is 14.6. The summed E-state index contributed by atoms with van der Waals surface area (Å²) in [6.45, 7) is 36.0. The van der Waals surface area contributed by atoms with E-state index in [4.69, 9.17) is 0 Å². The summed E-state index contributed by atoms with van der Waals surface area (Å²) in [5, 5.41) is 6.52. The van der Waals surface area contributed by atoms with Crippen LogP contribution in [-0.2, 0) is 4.79 Å². The van der Waals surface area contributed by atoms with Gasteiger partial charge in [0.1, 0.15) is 6.04 Å². The summed E-state index contributed by atoms with van der Waals surface area (Å²) in [5.74, 6) is 2.28. The summed E-state index contributed by atoms with van der Waals surface area (Å²) in [6, 6.07) is 10.0. The van der Waals surface area contributed by atoms with Crippen LogP contribution in [0.25, 0.3) is 0 Å². The Balaban J connectivity index is -0.000000897. The quantitative estimate of drug-likeness (QED) is 0.175. The fourth-order valence-electron chi connectivity index (χ4n) is 3.79. The normalized spacial score (nSPS) is 12.6. The van der Waals surface area contributed by atoms with Crippen LogP contribution in [0.2, 0.25) is 0 Å². The third kappa shape index (κ3) is 27.8. The third-order valence-electron chi connectivity index (χ3n) is 5.99. The molecule has 1 atom stereocenters. The zero-order valence-electron chi connectivity index (χ0n) is 29.2. The highest BCUT2D eigenvalue weighted by molar-refractivity contribution is 8.00. The molecule has 0 radical (unpaired) electrons. The molecule has 3 nitrogen and oxygen atoms in total. The summed E-state index contributed by atoms with van der Waals surface area (Å²) < 4.78 is 0.302. The summed E-state index contributed by atoms with van der Waals surface area (Å²) >= 11 is 2.01. The Morgan fingerprint density at radius 2 is 1.57 bits per heavy atom. The molecular formula is C38H66N2OS. The van der Waals surface area contributed by atoms with Gasteiger partial charge in [-0.3, -0.25) is 4.79 Å². The van der Waals surface area contributed by atoms with Gasteiger partial charge in [-0.15, -0.1) is 19.4 Å². The van der Waals surface area contributed by atoms with E-state index in [0.717, 1.165) is 36.3 Å². The van der Waals surface area contributed by atoms with Crippen LogP contribution in [0.1, 0.15) is 107 Å². The SMILES string of the molecule is C#C.C=C(CC(C)(C)CCSC(C)(C)C)NC(CC(C)C)C(=O)NCC(=C)C1CC1.C=CC.CC.Cc1ccccc1. The molecule has 0 aromatic heterocycles. The number of aryl methyl sites for hydroxylation is 1. The average molecular weight is 599 g/mol. The first kappa shape index (κ1) is 44.1. The van der Waals surface area contributed by atoms with Crippen molar-refractivity contribution in [2.75, 3.05) is 12.3 Å². The lowest BCUT2D eigenvalue weighted by Crippen LogP contribution is -2.45. The summed E-state index contributed by atoms with van der Waals surface area (Å²) in [4.78, 5) is 12.8. The smallest absolute Gasteiger partial charge is 0.242 e. The van der Waals surface area contributed by atoms with E-state index in [9.17, 15) is 4.79 Å². The molecule has 240 valence electrons. The lowest BCUT2D eigenvalue weighted by atomic mass is 9.85. The van der Waals surface area contributed by atoms with E-state index in [1.165, 1.54) is 18.4 Å². The molecule has 1 amide bonds. The van der Waals surface area contributed by atoms with Crippen molar-refractivity contribution in [1.29, 1.82) is 0 Å². The lowest BCUT2D eigenvalue weighted by molar-refractivity contribution is -0.123. The van der Waals surface area contributed by atoms with Gasteiger partial charge >= 0.3 is 0 Å². The largest absolute Gasteiger partial charge is 0.378 e. The first-order valence-corrected chi connectivity index (χ1v) is 16.5. The topological polar surface area (TPSA) is 41.1 Å². The van der Waals surface area contributed by atoms with Crippen molar-refractivity contribution < 1.29 is 4.79 Å².